The summed E-state index contributed by atoms with van der Waals surface area (Å²) in [6, 6.07) is 1.67. The van der Waals surface area contributed by atoms with Gasteiger partial charge in [0.1, 0.15) is 5.75 Å². The lowest BCUT2D eigenvalue weighted by molar-refractivity contribution is -0.191. The standard InChI is InChI=1S/C17H25NO2.CO2/c1-11-10-14(20)15(13(19)8-9-18(6)7)16(12(11)2)17(3,4)5;2-1-3/h8-10,20H,1-7H3;/b9-8+;. The van der Waals surface area contributed by atoms with Crippen LogP contribution in [-0.2, 0) is 15.0 Å². The molecular formula is C18H25NO4. The Kier molecular flexibility index (Phi) is 7.44. The Balaban J connectivity index is 0.00000149. The Morgan fingerprint density at radius 3 is 2.09 bits per heavy atom. The fraction of sp³-hybridized carbons (Fsp3) is 0.444. The summed E-state index contributed by atoms with van der Waals surface area (Å²) < 4.78 is 0. The SMILES string of the molecule is Cc1cc(O)c(C(=O)/C=C/N(C)C)c(C(C)(C)C)c1C.O=C=O. The summed E-state index contributed by atoms with van der Waals surface area (Å²) in [6.45, 7) is 10.1. The molecule has 1 aromatic rings. The molecule has 1 N–H and O–H groups in total. The van der Waals surface area contributed by atoms with Crippen molar-refractivity contribution in [2.75, 3.05) is 14.1 Å². The fourth-order valence-electron chi connectivity index (χ4n) is 2.39. The molecule has 0 atom stereocenters. The van der Waals surface area contributed by atoms with Gasteiger partial charge in [0.25, 0.3) is 0 Å². The maximum absolute atomic E-state index is 12.4. The van der Waals surface area contributed by atoms with Gasteiger partial charge in [-0.3, -0.25) is 4.79 Å². The third-order valence-electron chi connectivity index (χ3n) is 3.35. The summed E-state index contributed by atoms with van der Waals surface area (Å²) in [4.78, 5) is 30.5. The molecule has 1 rings (SSSR count). The number of aromatic hydroxyl groups is 1. The van der Waals surface area contributed by atoms with E-state index < -0.39 is 0 Å². The Labute approximate surface area is 137 Å². The molecule has 0 radical (unpaired) electrons. The summed E-state index contributed by atoms with van der Waals surface area (Å²) in [5.74, 6) is -0.101. The highest BCUT2D eigenvalue weighted by atomic mass is 16.3. The third kappa shape index (κ3) is 5.72. The van der Waals surface area contributed by atoms with Crippen LogP contribution in [0.3, 0.4) is 0 Å². The molecule has 0 aliphatic carbocycles. The molecular weight excluding hydrogens is 294 g/mol. The van der Waals surface area contributed by atoms with E-state index in [2.05, 4.69) is 20.8 Å². The predicted octanol–water partition coefficient (Wildman–Crippen LogP) is 2.98. The zero-order valence-corrected chi connectivity index (χ0v) is 14.9. The number of phenols is 1. The smallest absolute Gasteiger partial charge is 0.373 e. The highest BCUT2D eigenvalue weighted by molar-refractivity contribution is 6.08. The molecule has 0 aliphatic rings. The van der Waals surface area contributed by atoms with Crippen LogP contribution in [0.25, 0.3) is 0 Å². The molecule has 0 spiro atoms. The summed E-state index contributed by atoms with van der Waals surface area (Å²) in [5, 5.41) is 10.2. The Morgan fingerprint density at radius 2 is 1.70 bits per heavy atom. The average Bonchev–Trinajstić information content (AvgIpc) is 2.39. The number of hydrogen-bond donors (Lipinski definition) is 1. The number of carbonyl (C=O) groups is 1. The van der Waals surface area contributed by atoms with E-state index in [4.69, 9.17) is 9.59 Å². The molecule has 1 aromatic carbocycles. The van der Waals surface area contributed by atoms with E-state index in [1.807, 2.05) is 27.9 Å². The van der Waals surface area contributed by atoms with Crippen LogP contribution in [0, 0.1) is 13.8 Å². The van der Waals surface area contributed by atoms with Crippen molar-refractivity contribution in [2.45, 2.75) is 40.0 Å². The number of nitrogens with zero attached hydrogens (tertiary/aromatic N) is 1. The van der Waals surface area contributed by atoms with Gasteiger partial charge in [-0.1, -0.05) is 20.8 Å². The summed E-state index contributed by atoms with van der Waals surface area (Å²) in [7, 11) is 3.71. The lowest BCUT2D eigenvalue weighted by Crippen LogP contribution is -2.19. The van der Waals surface area contributed by atoms with Crippen LogP contribution in [0.5, 0.6) is 5.75 Å². The molecule has 0 saturated carbocycles. The van der Waals surface area contributed by atoms with Crippen molar-refractivity contribution in [3.8, 4) is 5.75 Å². The van der Waals surface area contributed by atoms with E-state index in [1.54, 1.807) is 17.2 Å². The van der Waals surface area contributed by atoms with E-state index in [9.17, 15) is 9.90 Å². The van der Waals surface area contributed by atoms with Gasteiger partial charge in [0, 0.05) is 26.4 Å². The summed E-state index contributed by atoms with van der Waals surface area (Å²) >= 11 is 0. The van der Waals surface area contributed by atoms with E-state index in [0.717, 1.165) is 16.7 Å². The molecule has 0 heterocycles. The first-order valence-electron chi connectivity index (χ1n) is 7.19. The van der Waals surface area contributed by atoms with Crippen molar-refractivity contribution in [1.82, 2.24) is 4.90 Å². The number of aryl methyl sites for hydroxylation is 1. The van der Waals surface area contributed by atoms with Crippen LogP contribution >= 0.6 is 0 Å². The average molecular weight is 319 g/mol. The largest absolute Gasteiger partial charge is 0.507 e. The lowest BCUT2D eigenvalue weighted by atomic mass is 9.78. The number of carbonyl (C=O) groups excluding carboxylic acids is 3. The molecule has 0 amide bonds. The van der Waals surface area contributed by atoms with Crippen molar-refractivity contribution in [3.05, 3.63) is 40.6 Å². The second-order valence-electron chi connectivity index (χ2n) is 6.56. The zero-order valence-electron chi connectivity index (χ0n) is 14.9. The maximum atomic E-state index is 12.4. The van der Waals surface area contributed by atoms with Crippen molar-refractivity contribution >= 4 is 11.9 Å². The van der Waals surface area contributed by atoms with Crippen molar-refractivity contribution in [2.24, 2.45) is 0 Å². The number of benzene rings is 1. The van der Waals surface area contributed by atoms with E-state index >= 15 is 0 Å². The van der Waals surface area contributed by atoms with Gasteiger partial charge in [0.2, 0.25) is 0 Å². The summed E-state index contributed by atoms with van der Waals surface area (Å²) in [6.07, 6.45) is 3.45. The fourth-order valence-corrected chi connectivity index (χ4v) is 2.39. The molecule has 0 bridgehead atoms. The number of rotatable bonds is 3. The monoisotopic (exact) mass is 319 g/mol. The molecule has 5 nitrogen and oxygen atoms in total. The van der Waals surface area contributed by atoms with Gasteiger partial charge in [-0.25, -0.2) is 0 Å². The highest BCUT2D eigenvalue weighted by Crippen LogP contribution is 2.36. The van der Waals surface area contributed by atoms with Crippen LogP contribution in [0.1, 0.15) is 47.8 Å². The van der Waals surface area contributed by atoms with Gasteiger partial charge in [-0.05, 0) is 42.0 Å². The molecule has 126 valence electrons. The predicted molar refractivity (Wildman–Crippen MR) is 88.4 cm³/mol. The number of phenolic OH excluding ortho intramolecular Hbond substituents is 1. The molecule has 0 saturated heterocycles. The Hall–Kier alpha value is -2.39. The van der Waals surface area contributed by atoms with Crippen LogP contribution < -0.4 is 0 Å². The third-order valence-corrected chi connectivity index (χ3v) is 3.35. The second kappa shape index (κ2) is 8.30. The normalized spacial score (nSPS) is 10.7. The quantitative estimate of drug-likeness (QED) is 0.685. The van der Waals surface area contributed by atoms with Crippen LogP contribution in [-0.4, -0.2) is 36.0 Å². The number of allylic oxidation sites excluding steroid dienone is 1. The maximum Gasteiger partial charge on any atom is 0.373 e. The van der Waals surface area contributed by atoms with E-state index in [1.165, 1.54) is 6.08 Å². The van der Waals surface area contributed by atoms with Crippen molar-refractivity contribution in [1.29, 1.82) is 0 Å². The number of hydrogen-bond acceptors (Lipinski definition) is 5. The van der Waals surface area contributed by atoms with Crippen LogP contribution in [0.15, 0.2) is 18.3 Å². The zero-order chi connectivity index (χ0) is 18.4. The van der Waals surface area contributed by atoms with Gasteiger partial charge in [-0.2, -0.15) is 9.59 Å². The highest BCUT2D eigenvalue weighted by Gasteiger charge is 2.26. The van der Waals surface area contributed by atoms with Crippen molar-refractivity contribution < 1.29 is 19.5 Å². The minimum atomic E-state index is -0.204. The Bertz CT molecular complexity index is 631. The van der Waals surface area contributed by atoms with Gasteiger partial charge in [0.05, 0.1) is 5.56 Å². The minimum Gasteiger partial charge on any atom is -0.507 e. The molecule has 0 aliphatic heterocycles. The van der Waals surface area contributed by atoms with Gasteiger partial charge in [0.15, 0.2) is 5.78 Å². The molecule has 5 heteroatoms. The van der Waals surface area contributed by atoms with E-state index in [-0.39, 0.29) is 23.1 Å². The van der Waals surface area contributed by atoms with Gasteiger partial charge in [-0.15, -0.1) is 0 Å². The van der Waals surface area contributed by atoms with Gasteiger partial charge >= 0.3 is 6.15 Å². The molecule has 0 aromatic heterocycles. The molecule has 23 heavy (non-hydrogen) atoms. The first kappa shape index (κ1) is 20.6. The first-order chi connectivity index (χ1) is 10.5. The topological polar surface area (TPSA) is 74.7 Å². The molecule has 0 unspecified atom stereocenters. The lowest BCUT2D eigenvalue weighted by Gasteiger charge is -2.26. The minimum absolute atomic E-state index is 0.0615. The van der Waals surface area contributed by atoms with Crippen LogP contribution in [0.4, 0.5) is 0 Å². The summed E-state index contributed by atoms with van der Waals surface area (Å²) in [5.41, 5.74) is 3.20. The first-order valence-corrected chi connectivity index (χ1v) is 7.19. The van der Waals surface area contributed by atoms with Gasteiger partial charge < -0.3 is 10.0 Å². The van der Waals surface area contributed by atoms with E-state index in [0.29, 0.717) is 5.56 Å². The van der Waals surface area contributed by atoms with Crippen molar-refractivity contribution in [3.63, 3.8) is 0 Å². The second-order valence-corrected chi connectivity index (χ2v) is 6.56. The Morgan fingerprint density at radius 1 is 1.22 bits per heavy atom. The molecule has 0 fully saturated rings. The number of ketones is 1. The van der Waals surface area contributed by atoms with Crippen LogP contribution in [0.2, 0.25) is 0 Å².